The summed E-state index contributed by atoms with van der Waals surface area (Å²) in [7, 11) is 1.66. The number of hydrogen-bond donors (Lipinski definition) is 1. The predicted octanol–water partition coefficient (Wildman–Crippen LogP) is 1.16. The van der Waals surface area contributed by atoms with E-state index in [0.717, 1.165) is 11.5 Å². The van der Waals surface area contributed by atoms with Crippen LogP contribution in [0.2, 0.25) is 0 Å². The monoisotopic (exact) mass is 185 g/mol. The predicted molar refractivity (Wildman–Crippen MR) is 50.1 cm³/mol. The topological polar surface area (TPSA) is 64.4 Å². The molecule has 0 fully saturated rings. The highest BCUT2D eigenvalue weighted by Gasteiger charge is 2.00. The van der Waals surface area contributed by atoms with Crippen LogP contribution < -0.4 is 5.73 Å². The molecule has 2 N–H and O–H groups in total. The zero-order valence-electron chi connectivity index (χ0n) is 7.07. The van der Waals surface area contributed by atoms with Crippen LogP contribution in [0.4, 0.5) is 0 Å². The number of aliphatic imine (C=N–C) groups is 1. The smallest absolute Gasteiger partial charge is 0.154 e. The first-order valence-electron chi connectivity index (χ1n) is 3.49. The average Bonchev–Trinajstić information content (AvgIpc) is 2.47. The molecule has 0 aliphatic heterocycles. The maximum Gasteiger partial charge on any atom is 0.154 e. The Bertz CT molecular complexity index is 282. The summed E-state index contributed by atoms with van der Waals surface area (Å²) in [6, 6.07) is 1.88. The molecular weight excluding hydrogens is 174 g/mol. The highest BCUT2D eigenvalue weighted by atomic mass is 32.2. The van der Waals surface area contributed by atoms with Gasteiger partial charge in [-0.25, -0.2) is 0 Å². The molecule has 0 saturated carbocycles. The van der Waals surface area contributed by atoms with Gasteiger partial charge in [-0.15, -0.1) is 0 Å². The largest absolute Gasteiger partial charge is 0.379 e. The Kier molecular flexibility index (Phi) is 3.16. The van der Waals surface area contributed by atoms with E-state index >= 15 is 0 Å². The van der Waals surface area contributed by atoms with Gasteiger partial charge in [-0.3, -0.25) is 4.99 Å². The molecule has 0 aliphatic carbocycles. The molecule has 1 aromatic heterocycles. The van der Waals surface area contributed by atoms with Crippen molar-refractivity contribution in [2.24, 2.45) is 10.7 Å². The van der Waals surface area contributed by atoms with Crippen LogP contribution >= 0.6 is 11.8 Å². The fraction of sp³-hybridized carbons (Fsp3) is 0.429. The molecule has 5 heteroatoms. The SMILES string of the molecule is CN=C(N)SCc1cc(C)on1. The van der Waals surface area contributed by atoms with Crippen LogP contribution in [0.25, 0.3) is 0 Å². The number of nitrogens with two attached hydrogens (primary N) is 1. The van der Waals surface area contributed by atoms with E-state index in [1.807, 2.05) is 13.0 Å². The Labute approximate surface area is 75.2 Å². The zero-order chi connectivity index (χ0) is 8.97. The molecule has 0 atom stereocenters. The molecule has 0 aromatic carbocycles. The van der Waals surface area contributed by atoms with E-state index in [2.05, 4.69) is 10.1 Å². The number of nitrogens with zero attached hydrogens (tertiary/aromatic N) is 2. The van der Waals surface area contributed by atoms with E-state index in [-0.39, 0.29) is 0 Å². The minimum atomic E-state index is 0.565. The average molecular weight is 185 g/mol. The van der Waals surface area contributed by atoms with Crippen molar-refractivity contribution in [3.8, 4) is 0 Å². The van der Waals surface area contributed by atoms with Gasteiger partial charge in [0.05, 0.1) is 5.69 Å². The summed E-state index contributed by atoms with van der Waals surface area (Å²) in [4.78, 5) is 3.81. The standard InChI is InChI=1S/C7H11N3OS/c1-5-3-6(10-11-5)4-12-7(8)9-2/h3H,4H2,1-2H3,(H2,8,9). The molecule has 1 heterocycles. The van der Waals surface area contributed by atoms with Gasteiger partial charge in [0.25, 0.3) is 0 Å². The van der Waals surface area contributed by atoms with Gasteiger partial charge in [0.2, 0.25) is 0 Å². The van der Waals surface area contributed by atoms with Gasteiger partial charge in [-0.2, -0.15) is 0 Å². The molecule has 66 valence electrons. The van der Waals surface area contributed by atoms with Crippen molar-refractivity contribution in [1.29, 1.82) is 0 Å². The van der Waals surface area contributed by atoms with E-state index in [1.165, 1.54) is 11.8 Å². The van der Waals surface area contributed by atoms with Crippen molar-refractivity contribution >= 4 is 16.9 Å². The van der Waals surface area contributed by atoms with Crippen LogP contribution in [0.5, 0.6) is 0 Å². The lowest BCUT2D eigenvalue weighted by Crippen LogP contribution is -2.05. The van der Waals surface area contributed by atoms with Crippen molar-refractivity contribution in [2.75, 3.05) is 7.05 Å². The van der Waals surface area contributed by atoms with Crippen LogP contribution in [-0.2, 0) is 5.75 Å². The van der Waals surface area contributed by atoms with Gasteiger partial charge in [0.1, 0.15) is 5.76 Å². The number of aromatic nitrogens is 1. The third-order valence-electron chi connectivity index (χ3n) is 1.27. The fourth-order valence-corrected chi connectivity index (χ4v) is 1.26. The lowest BCUT2D eigenvalue weighted by atomic mass is 10.4. The highest BCUT2D eigenvalue weighted by molar-refractivity contribution is 8.13. The lowest BCUT2D eigenvalue weighted by Gasteiger charge is -1.93. The molecule has 0 amide bonds. The van der Waals surface area contributed by atoms with E-state index in [4.69, 9.17) is 10.3 Å². The normalized spacial score (nSPS) is 12.0. The summed E-state index contributed by atoms with van der Waals surface area (Å²) in [5.74, 6) is 1.53. The van der Waals surface area contributed by atoms with Gasteiger partial charge in [0, 0.05) is 18.9 Å². The zero-order valence-corrected chi connectivity index (χ0v) is 7.89. The Hall–Kier alpha value is -0.970. The molecule has 4 nitrogen and oxygen atoms in total. The second-order valence-electron chi connectivity index (χ2n) is 2.28. The van der Waals surface area contributed by atoms with Crippen molar-refractivity contribution in [2.45, 2.75) is 12.7 Å². The number of hydrogen-bond acceptors (Lipinski definition) is 4. The molecule has 0 spiro atoms. The molecular formula is C7H11N3OS. The molecule has 1 rings (SSSR count). The summed E-state index contributed by atoms with van der Waals surface area (Å²) in [6.45, 7) is 1.86. The maximum absolute atomic E-state index is 5.48. The second kappa shape index (κ2) is 4.15. The van der Waals surface area contributed by atoms with Crippen LogP contribution in [0.15, 0.2) is 15.6 Å². The quantitative estimate of drug-likeness (QED) is 0.554. The minimum Gasteiger partial charge on any atom is -0.379 e. The Balaban J connectivity index is 2.43. The van der Waals surface area contributed by atoms with E-state index in [9.17, 15) is 0 Å². The molecule has 0 unspecified atom stereocenters. The van der Waals surface area contributed by atoms with E-state index in [1.54, 1.807) is 7.05 Å². The van der Waals surface area contributed by atoms with Gasteiger partial charge >= 0.3 is 0 Å². The van der Waals surface area contributed by atoms with Crippen molar-refractivity contribution in [1.82, 2.24) is 5.16 Å². The van der Waals surface area contributed by atoms with Crippen LogP contribution in [0.3, 0.4) is 0 Å². The van der Waals surface area contributed by atoms with Crippen molar-refractivity contribution in [3.63, 3.8) is 0 Å². The van der Waals surface area contributed by atoms with Crippen LogP contribution in [0.1, 0.15) is 11.5 Å². The third kappa shape index (κ3) is 2.58. The summed E-state index contributed by atoms with van der Waals surface area (Å²) in [5, 5.41) is 4.38. The van der Waals surface area contributed by atoms with E-state index in [0.29, 0.717) is 10.9 Å². The van der Waals surface area contributed by atoms with Gasteiger partial charge in [-0.1, -0.05) is 16.9 Å². The first kappa shape index (κ1) is 9.12. The molecule has 1 aromatic rings. The number of aryl methyl sites for hydroxylation is 1. The number of amidine groups is 1. The Morgan fingerprint density at radius 3 is 3.08 bits per heavy atom. The molecule has 0 bridgehead atoms. The summed E-state index contributed by atoms with van der Waals surface area (Å²) < 4.78 is 4.89. The number of thioether (sulfide) groups is 1. The second-order valence-corrected chi connectivity index (χ2v) is 3.28. The highest BCUT2D eigenvalue weighted by Crippen LogP contribution is 2.11. The fourth-order valence-electron chi connectivity index (χ4n) is 0.698. The van der Waals surface area contributed by atoms with Gasteiger partial charge in [-0.05, 0) is 6.92 Å². The molecule has 0 radical (unpaired) electrons. The third-order valence-corrected chi connectivity index (χ3v) is 2.18. The maximum atomic E-state index is 5.48. The summed E-state index contributed by atoms with van der Waals surface area (Å²) >= 11 is 1.45. The number of rotatable bonds is 2. The van der Waals surface area contributed by atoms with E-state index < -0.39 is 0 Å². The lowest BCUT2D eigenvalue weighted by molar-refractivity contribution is 0.393. The van der Waals surface area contributed by atoms with Crippen molar-refractivity contribution < 1.29 is 4.52 Å². The Morgan fingerprint density at radius 1 is 1.83 bits per heavy atom. The minimum absolute atomic E-state index is 0.565. The van der Waals surface area contributed by atoms with Crippen LogP contribution in [-0.4, -0.2) is 17.4 Å². The molecule has 0 saturated heterocycles. The summed E-state index contributed by atoms with van der Waals surface area (Å²) in [5.41, 5.74) is 6.37. The molecule has 12 heavy (non-hydrogen) atoms. The first-order chi connectivity index (χ1) is 5.72. The van der Waals surface area contributed by atoms with Gasteiger partial charge in [0.15, 0.2) is 5.17 Å². The van der Waals surface area contributed by atoms with Crippen molar-refractivity contribution in [3.05, 3.63) is 17.5 Å². The Morgan fingerprint density at radius 2 is 2.58 bits per heavy atom. The van der Waals surface area contributed by atoms with Gasteiger partial charge < -0.3 is 10.3 Å². The van der Waals surface area contributed by atoms with Crippen LogP contribution in [0, 0.1) is 6.92 Å². The molecule has 0 aliphatic rings. The first-order valence-corrected chi connectivity index (χ1v) is 4.48. The summed E-state index contributed by atoms with van der Waals surface area (Å²) in [6.07, 6.45) is 0.